The number of alkyl carbamates (subject to hydrolysis) is 1. The van der Waals surface area contributed by atoms with E-state index in [-0.39, 0.29) is 25.6 Å². The molecule has 0 aliphatic heterocycles. The monoisotopic (exact) mass is 621 g/mol. The number of carbonyl (C=O) groups excluding carboxylic acids is 4. The third kappa shape index (κ3) is 10.8. The van der Waals surface area contributed by atoms with Crippen molar-refractivity contribution in [1.82, 2.24) is 20.2 Å². The molecule has 0 fully saturated rings. The van der Waals surface area contributed by atoms with E-state index >= 15 is 0 Å². The molecule has 0 spiro atoms. The Morgan fingerprint density at radius 2 is 1.62 bits per heavy atom. The van der Waals surface area contributed by atoms with Gasteiger partial charge in [-0.1, -0.05) is 60.2 Å². The van der Waals surface area contributed by atoms with Gasteiger partial charge in [-0.15, -0.1) is 0 Å². The summed E-state index contributed by atoms with van der Waals surface area (Å²) in [4.78, 5) is 56.3. The highest BCUT2D eigenvalue weighted by atomic mass is 16.6. The van der Waals surface area contributed by atoms with Crippen molar-refractivity contribution in [3.05, 3.63) is 83.8 Å². The van der Waals surface area contributed by atoms with Gasteiger partial charge >= 0.3 is 12.1 Å². The summed E-state index contributed by atoms with van der Waals surface area (Å²) in [6.07, 6.45) is 2.15. The molecule has 3 N–H and O–H groups in total. The average molecular weight is 622 g/mol. The molecule has 2 aromatic carbocycles. The summed E-state index contributed by atoms with van der Waals surface area (Å²) in [6, 6.07) is 14.8. The van der Waals surface area contributed by atoms with Gasteiger partial charge in [0.2, 0.25) is 5.91 Å². The van der Waals surface area contributed by atoms with E-state index in [0.29, 0.717) is 5.56 Å². The Bertz CT molecular complexity index is 1450. The molecule has 1 aromatic heterocycles. The summed E-state index contributed by atoms with van der Waals surface area (Å²) < 4.78 is 17.9. The molecule has 242 valence electrons. The summed E-state index contributed by atoms with van der Waals surface area (Å²) in [5.74, 6) is -1.58. The third-order valence-electron chi connectivity index (χ3n) is 6.45. The molecule has 12 nitrogen and oxygen atoms in total. The van der Waals surface area contributed by atoms with Crippen LogP contribution in [0.5, 0.6) is 0 Å². The molecule has 0 aliphatic rings. The van der Waals surface area contributed by atoms with Gasteiger partial charge in [0.05, 0.1) is 26.1 Å². The average Bonchev–Trinajstić information content (AvgIpc) is 3.40. The Labute approximate surface area is 263 Å². The first kappa shape index (κ1) is 34.8. The molecule has 1 heterocycles. The van der Waals surface area contributed by atoms with Crippen LogP contribution in [0.3, 0.4) is 0 Å². The van der Waals surface area contributed by atoms with Gasteiger partial charge < -0.3 is 34.7 Å². The number of hydrogen-bond donors (Lipinski definition) is 3. The van der Waals surface area contributed by atoms with Crippen LogP contribution in [0.15, 0.2) is 67.1 Å². The minimum absolute atomic E-state index is 0.148. The van der Waals surface area contributed by atoms with E-state index in [9.17, 15) is 19.2 Å². The number of carbonyl (C=O) groups is 4. The molecule has 45 heavy (non-hydrogen) atoms. The van der Waals surface area contributed by atoms with E-state index < -0.39 is 47.1 Å². The number of aryl methyl sites for hydroxylation is 1. The van der Waals surface area contributed by atoms with Crippen LogP contribution in [-0.4, -0.2) is 63.8 Å². The third-order valence-corrected chi connectivity index (χ3v) is 6.45. The second kappa shape index (κ2) is 15.3. The van der Waals surface area contributed by atoms with Crippen molar-refractivity contribution < 1.29 is 33.4 Å². The van der Waals surface area contributed by atoms with E-state index in [1.807, 2.05) is 61.5 Å². The van der Waals surface area contributed by atoms with Crippen molar-refractivity contribution in [3.63, 3.8) is 0 Å². The van der Waals surface area contributed by atoms with Crippen molar-refractivity contribution >= 4 is 29.7 Å². The minimum atomic E-state index is -1.43. The molecule has 3 aromatic rings. The van der Waals surface area contributed by atoms with Crippen LogP contribution in [0.2, 0.25) is 0 Å². The van der Waals surface area contributed by atoms with Gasteiger partial charge in [-0.05, 0) is 59.6 Å². The molecule has 0 saturated carbocycles. The van der Waals surface area contributed by atoms with Gasteiger partial charge in [0.25, 0.3) is 5.91 Å². The lowest BCUT2D eigenvalue weighted by Crippen LogP contribution is -2.59. The van der Waals surface area contributed by atoms with Crippen molar-refractivity contribution in [1.29, 1.82) is 0 Å². The van der Waals surface area contributed by atoms with E-state index in [0.717, 1.165) is 11.1 Å². The summed E-state index contributed by atoms with van der Waals surface area (Å²) in [6.45, 7) is 12.0. The van der Waals surface area contributed by atoms with Crippen LogP contribution in [0.25, 0.3) is 0 Å². The van der Waals surface area contributed by atoms with Crippen molar-refractivity contribution in [2.75, 3.05) is 18.5 Å². The van der Waals surface area contributed by atoms with Crippen molar-refractivity contribution in [2.45, 2.75) is 78.3 Å². The molecule has 0 bridgehead atoms. The molecule has 1 unspecified atom stereocenters. The fourth-order valence-electron chi connectivity index (χ4n) is 4.16. The topological polar surface area (TPSA) is 150 Å². The maximum absolute atomic E-state index is 13.5. The molecule has 12 heteroatoms. The fourth-order valence-corrected chi connectivity index (χ4v) is 4.16. The van der Waals surface area contributed by atoms with Crippen LogP contribution >= 0.6 is 0 Å². The summed E-state index contributed by atoms with van der Waals surface area (Å²) in [5.41, 5.74) is 0.415. The standard InChI is InChI=1S/C33H43N5O7/c1-8-44-29(40)27(24-16-14-22(2)15-17-24)38-18-26(34-21-38)36-28(39)25(20-43-19-23-12-10-9-11-13-23)35-30(41)33(6,7)37-31(42)45-32(3,4)5/h9-18,21,25,27H,8,19-20H2,1-7H3,(H,35,41)(H,36,39)(H,37,42)/t25-,27?/m1/s1. The zero-order chi connectivity index (χ0) is 33.2. The number of hydrogen-bond acceptors (Lipinski definition) is 8. The summed E-state index contributed by atoms with van der Waals surface area (Å²) >= 11 is 0. The van der Waals surface area contributed by atoms with Crippen molar-refractivity contribution in [3.8, 4) is 0 Å². The van der Waals surface area contributed by atoms with Gasteiger partial charge in [-0.25, -0.2) is 14.6 Å². The van der Waals surface area contributed by atoms with Crippen LogP contribution in [-0.2, 0) is 35.2 Å². The van der Waals surface area contributed by atoms with E-state index in [4.69, 9.17) is 14.2 Å². The first-order valence-electron chi connectivity index (χ1n) is 14.7. The molecule has 3 rings (SSSR count). The molecule has 0 aliphatic carbocycles. The van der Waals surface area contributed by atoms with Gasteiger partial charge in [-0.2, -0.15) is 0 Å². The predicted molar refractivity (Wildman–Crippen MR) is 168 cm³/mol. The number of nitrogens with zero attached hydrogens (tertiary/aromatic N) is 2. The SMILES string of the molecule is CCOC(=O)C(c1ccc(C)cc1)n1cnc(NC(=O)[C@@H](COCc2ccccc2)NC(=O)C(C)(C)NC(=O)OC(C)(C)C)c1. The van der Waals surface area contributed by atoms with Crippen LogP contribution in [0.4, 0.5) is 10.6 Å². The highest BCUT2D eigenvalue weighted by Crippen LogP contribution is 2.22. The number of benzene rings is 2. The lowest BCUT2D eigenvalue weighted by molar-refractivity contribution is -0.145. The Balaban J connectivity index is 1.78. The zero-order valence-corrected chi connectivity index (χ0v) is 26.9. The second-order valence-corrected chi connectivity index (χ2v) is 12.0. The molecule has 0 saturated heterocycles. The number of aromatic nitrogens is 2. The first-order valence-corrected chi connectivity index (χ1v) is 14.7. The maximum atomic E-state index is 13.5. The van der Waals surface area contributed by atoms with E-state index in [1.165, 1.54) is 26.4 Å². The zero-order valence-electron chi connectivity index (χ0n) is 26.9. The number of anilines is 1. The lowest BCUT2D eigenvalue weighted by Gasteiger charge is -2.29. The first-order chi connectivity index (χ1) is 21.2. The van der Waals surface area contributed by atoms with Crippen LogP contribution in [0.1, 0.15) is 64.3 Å². The number of nitrogens with one attached hydrogen (secondary N) is 3. The minimum Gasteiger partial charge on any atom is -0.464 e. The molecule has 2 atom stereocenters. The lowest BCUT2D eigenvalue weighted by atomic mass is 10.0. The van der Waals surface area contributed by atoms with Gasteiger partial charge in [0.1, 0.15) is 17.2 Å². The van der Waals surface area contributed by atoms with Crippen LogP contribution < -0.4 is 16.0 Å². The fraction of sp³-hybridized carbons (Fsp3) is 0.424. The van der Waals surface area contributed by atoms with Crippen LogP contribution in [0, 0.1) is 6.92 Å². The Morgan fingerprint density at radius 3 is 2.24 bits per heavy atom. The van der Waals surface area contributed by atoms with Gasteiger partial charge in [-0.3, -0.25) is 9.59 Å². The smallest absolute Gasteiger partial charge is 0.408 e. The predicted octanol–water partition coefficient (Wildman–Crippen LogP) is 4.29. The summed E-state index contributed by atoms with van der Waals surface area (Å²) in [7, 11) is 0. The normalized spacial score (nSPS) is 12.9. The summed E-state index contributed by atoms with van der Waals surface area (Å²) in [5, 5.41) is 7.91. The Morgan fingerprint density at radius 1 is 0.956 bits per heavy atom. The number of imidazole rings is 1. The molecule has 0 radical (unpaired) electrons. The number of amides is 3. The number of ether oxygens (including phenoxy) is 3. The second-order valence-electron chi connectivity index (χ2n) is 12.0. The maximum Gasteiger partial charge on any atom is 0.408 e. The Hall–Kier alpha value is -4.71. The molecule has 3 amide bonds. The molecular formula is C33H43N5O7. The van der Waals surface area contributed by atoms with Crippen molar-refractivity contribution in [2.24, 2.45) is 0 Å². The van der Waals surface area contributed by atoms with Gasteiger partial charge in [0, 0.05) is 6.20 Å². The Kier molecular flexibility index (Phi) is 11.9. The highest BCUT2D eigenvalue weighted by molar-refractivity contribution is 5.98. The number of rotatable bonds is 13. The van der Waals surface area contributed by atoms with E-state index in [2.05, 4.69) is 20.9 Å². The molecular weight excluding hydrogens is 578 g/mol. The van der Waals surface area contributed by atoms with E-state index in [1.54, 1.807) is 32.3 Å². The quantitative estimate of drug-likeness (QED) is 0.239. The number of esters is 1. The van der Waals surface area contributed by atoms with Gasteiger partial charge in [0.15, 0.2) is 11.9 Å². The largest absolute Gasteiger partial charge is 0.464 e. The highest BCUT2D eigenvalue weighted by Gasteiger charge is 2.35.